The highest BCUT2D eigenvalue weighted by molar-refractivity contribution is 5.41. The van der Waals surface area contributed by atoms with Crippen LogP contribution in [0.2, 0.25) is 0 Å². The van der Waals surface area contributed by atoms with Crippen LogP contribution in [-0.4, -0.2) is 14.9 Å². The molecule has 0 spiro atoms. The summed E-state index contributed by atoms with van der Waals surface area (Å²) in [5.74, 6) is 0. The van der Waals surface area contributed by atoms with Gasteiger partial charge in [-0.25, -0.2) is 0 Å². The molecule has 1 unspecified atom stereocenters. The second-order valence-corrected chi connectivity index (χ2v) is 5.36. The van der Waals surface area contributed by atoms with Crippen molar-refractivity contribution in [1.82, 2.24) is 9.78 Å². The van der Waals surface area contributed by atoms with E-state index in [-0.39, 0.29) is 0 Å². The molecule has 0 radical (unpaired) electrons. The van der Waals surface area contributed by atoms with E-state index in [1.54, 1.807) is 0 Å². The fourth-order valence-corrected chi connectivity index (χ4v) is 3.04. The topological polar surface area (TPSA) is 38.0 Å². The zero-order valence-corrected chi connectivity index (χ0v) is 11.3. The van der Waals surface area contributed by atoms with Gasteiger partial charge in [0.05, 0.1) is 6.20 Å². The molecule has 19 heavy (non-hydrogen) atoms. The van der Waals surface area contributed by atoms with E-state index in [2.05, 4.69) is 18.1 Å². The maximum atomic E-state index is 11.1. The Bertz CT molecular complexity index is 576. The minimum absolute atomic E-state index is 0.780. The summed E-state index contributed by atoms with van der Waals surface area (Å²) in [5, 5.41) is 15.5. The van der Waals surface area contributed by atoms with Gasteiger partial charge < -0.3 is 5.11 Å². The molecule has 3 nitrogen and oxygen atoms in total. The smallest absolute Gasteiger partial charge is 0.118 e. The van der Waals surface area contributed by atoms with Crippen LogP contribution in [0.1, 0.15) is 42.9 Å². The third-order valence-corrected chi connectivity index (χ3v) is 4.01. The molecule has 0 fully saturated rings. The minimum Gasteiger partial charge on any atom is -0.380 e. The summed E-state index contributed by atoms with van der Waals surface area (Å²) in [7, 11) is 0. The van der Waals surface area contributed by atoms with Crippen LogP contribution in [0.25, 0.3) is 0 Å². The number of aromatic nitrogens is 2. The summed E-state index contributed by atoms with van der Waals surface area (Å²) in [6, 6.07) is 8.22. The first-order valence-corrected chi connectivity index (χ1v) is 7.08. The van der Waals surface area contributed by atoms with Crippen molar-refractivity contribution in [3.63, 3.8) is 0 Å². The van der Waals surface area contributed by atoms with Crippen LogP contribution in [-0.2, 0) is 18.6 Å². The Balaban J connectivity index is 2.03. The third kappa shape index (κ3) is 2.08. The predicted octanol–water partition coefficient (Wildman–Crippen LogP) is 2.87. The van der Waals surface area contributed by atoms with Crippen LogP contribution in [0.4, 0.5) is 0 Å². The zero-order valence-electron chi connectivity index (χ0n) is 11.3. The van der Waals surface area contributed by atoms with Crippen molar-refractivity contribution in [3.8, 4) is 0 Å². The molecule has 0 bridgehead atoms. The Kier molecular flexibility index (Phi) is 3.15. The highest BCUT2D eigenvalue weighted by atomic mass is 16.3. The van der Waals surface area contributed by atoms with Gasteiger partial charge in [0.1, 0.15) is 5.60 Å². The average Bonchev–Trinajstić information content (AvgIpc) is 2.89. The molecule has 1 aliphatic rings. The van der Waals surface area contributed by atoms with E-state index in [9.17, 15) is 5.11 Å². The van der Waals surface area contributed by atoms with Crippen molar-refractivity contribution in [3.05, 3.63) is 53.3 Å². The van der Waals surface area contributed by atoms with Gasteiger partial charge in [-0.05, 0) is 36.8 Å². The van der Waals surface area contributed by atoms with Gasteiger partial charge in [-0.2, -0.15) is 5.10 Å². The summed E-state index contributed by atoms with van der Waals surface area (Å²) >= 11 is 0. The number of rotatable bonds is 3. The monoisotopic (exact) mass is 256 g/mol. The molecule has 1 heterocycles. The molecule has 1 aliphatic carbocycles. The number of aliphatic hydroxyl groups is 1. The molecule has 1 N–H and O–H groups in total. The molecule has 0 aliphatic heterocycles. The van der Waals surface area contributed by atoms with Gasteiger partial charge in [0.25, 0.3) is 0 Å². The van der Waals surface area contributed by atoms with E-state index >= 15 is 0 Å². The lowest BCUT2D eigenvalue weighted by molar-refractivity contribution is 0.0615. The Morgan fingerprint density at radius 1 is 1.37 bits per heavy atom. The van der Waals surface area contributed by atoms with Crippen molar-refractivity contribution in [1.29, 1.82) is 0 Å². The first kappa shape index (κ1) is 12.4. The van der Waals surface area contributed by atoms with Gasteiger partial charge in [-0.1, -0.05) is 31.2 Å². The van der Waals surface area contributed by atoms with Crippen molar-refractivity contribution < 1.29 is 5.11 Å². The fourth-order valence-electron chi connectivity index (χ4n) is 3.04. The fraction of sp³-hybridized carbons (Fsp3) is 0.438. The minimum atomic E-state index is -0.860. The van der Waals surface area contributed by atoms with E-state index in [0.717, 1.165) is 43.4 Å². The molecule has 1 atom stereocenters. The molecule has 0 saturated carbocycles. The molecular formula is C16H20N2O. The maximum absolute atomic E-state index is 11.1. The maximum Gasteiger partial charge on any atom is 0.118 e. The van der Waals surface area contributed by atoms with E-state index in [4.69, 9.17) is 0 Å². The van der Waals surface area contributed by atoms with Crippen molar-refractivity contribution >= 4 is 0 Å². The Morgan fingerprint density at radius 2 is 2.21 bits per heavy atom. The summed E-state index contributed by atoms with van der Waals surface area (Å²) in [4.78, 5) is 0. The third-order valence-electron chi connectivity index (χ3n) is 4.01. The molecule has 3 heteroatoms. The van der Waals surface area contributed by atoms with Gasteiger partial charge in [-0.3, -0.25) is 4.68 Å². The summed E-state index contributed by atoms with van der Waals surface area (Å²) in [6.07, 6.45) is 7.72. The Morgan fingerprint density at radius 3 is 3.05 bits per heavy atom. The molecular weight excluding hydrogens is 236 g/mol. The van der Waals surface area contributed by atoms with Gasteiger partial charge in [0, 0.05) is 18.3 Å². The van der Waals surface area contributed by atoms with Gasteiger partial charge in [0.15, 0.2) is 0 Å². The lowest BCUT2D eigenvalue weighted by atomic mass is 9.76. The quantitative estimate of drug-likeness (QED) is 0.917. The molecule has 100 valence electrons. The van der Waals surface area contributed by atoms with E-state index in [0.29, 0.717) is 0 Å². The Labute approximate surface area is 113 Å². The number of hydrogen-bond donors (Lipinski definition) is 1. The van der Waals surface area contributed by atoms with Crippen LogP contribution in [0.5, 0.6) is 0 Å². The normalized spacial score (nSPS) is 22.2. The van der Waals surface area contributed by atoms with Crippen LogP contribution in [0.3, 0.4) is 0 Å². The van der Waals surface area contributed by atoms with E-state index < -0.39 is 5.60 Å². The molecule has 3 rings (SSSR count). The molecule has 0 amide bonds. The Hall–Kier alpha value is -1.61. The van der Waals surface area contributed by atoms with Crippen molar-refractivity contribution in [2.45, 2.75) is 44.8 Å². The average molecular weight is 256 g/mol. The van der Waals surface area contributed by atoms with E-state index in [1.165, 1.54) is 5.56 Å². The predicted molar refractivity (Wildman–Crippen MR) is 74.9 cm³/mol. The van der Waals surface area contributed by atoms with Crippen LogP contribution in [0.15, 0.2) is 36.7 Å². The largest absolute Gasteiger partial charge is 0.380 e. The first-order chi connectivity index (χ1) is 9.24. The van der Waals surface area contributed by atoms with Gasteiger partial charge in [-0.15, -0.1) is 0 Å². The number of hydrogen-bond acceptors (Lipinski definition) is 2. The second kappa shape index (κ2) is 4.82. The van der Waals surface area contributed by atoms with Gasteiger partial charge in [0.2, 0.25) is 0 Å². The number of fused-ring (bicyclic) bond motifs is 1. The second-order valence-electron chi connectivity index (χ2n) is 5.36. The summed E-state index contributed by atoms with van der Waals surface area (Å²) in [5.41, 5.74) is 2.38. The van der Waals surface area contributed by atoms with Crippen LogP contribution in [0, 0.1) is 0 Å². The zero-order chi connectivity index (χ0) is 13.3. The number of aryl methyl sites for hydroxylation is 2. The van der Waals surface area contributed by atoms with Crippen LogP contribution >= 0.6 is 0 Å². The van der Waals surface area contributed by atoms with Crippen LogP contribution < -0.4 is 0 Å². The van der Waals surface area contributed by atoms with Gasteiger partial charge >= 0.3 is 0 Å². The lowest BCUT2D eigenvalue weighted by Crippen LogP contribution is -2.31. The summed E-state index contributed by atoms with van der Waals surface area (Å²) in [6.45, 7) is 3.03. The summed E-state index contributed by atoms with van der Waals surface area (Å²) < 4.78 is 1.92. The van der Waals surface area contributed by atoms with Crippen molar-refractivity contribution in [2.75, 3.05) is 0 Å². The molecule has 0 saturated heterocycles. The lowest BCUT2D eigenvalue weighted by Gasteiger charge is -2.33. The molecule has 2 aromatic rings. The first-order valence-electron chi connectivity index (χ1n) is 7.08. The standard InChI is InChI=1S/C16H20N2O/c1-2-10-18-12-14(11-17-18)16(19)9-5-7-13-6-3-4-8-15(13)16/h3-4,6,8,11-12,19H,2,5,7,9-10H2,1H3. The molecule has 1 aromatic carbocycles. The van der Waals surface area contributed by atoms with Crippen molar-refractivity contribution in [2.24, 2.45) is 0 Å². The number of benzene rings is 1. The number of nitrogens with zero attached hydrogens (tertiary/aromatic N) is 2. The highest BCUT2D eigenvalue weighted by Gasteiger charge is 2.36. The van der Waals surface area contributed by atoms with E-state index in [1.807, 2.05) is 35.3 Å². The molecule has 1 aromatic heterocycles. The SMILES string of the molecule is CCCn1cc(C2(O)CCCc3ccccc32)cn1. The highest BCUT2D eigenvalue weighted by Crippen LogP contribution is 2.40.